The first-order valence-corrected chi connectivity index (χ1v) is 8.91. The van der Waals surface area contributed by atoms with Crippen LogP contribution < -0.4 is 10.7 Å². The zero-order valence-corrected chi connectivity index (χ0v) is 15.1. The molecule has 1 atom stereocenters. The van der Waals surface area contributed by atoms with Gasteiger partial charge >= 0.3 is 0 Å². The fourth-order valence-electron chi connectivity index (χ4n) is 2.99. The zero-order valence-electron chi connectivity index (χ0n) is 15.1. The lowest BCUT2D eigenvalue weighted by Crippen LogP contribution is -2.28. The van der Waals surface area contributed by atoms with Crippen LogP contribution in [0.25, 0.3) is 10.9 Å². The van der Waals surface area contributed by atoms with Gasteiger partial charge in [0.2, 0.25) is 11.3 Å². The minimum Gasteiger partial charge on any atom is -0.350 e. The summed E-state index contributed by atoms with van der Waals surface area (Å²) in [5, 5.41) is 7.80. The highest BCUT2D eigenvalue weighted by atomic mass is 16.1. The van der Waals surface area contributed by atoms with Crippen molar-refractivity contribution in [2.45, 2.75) is 39.3 Å². The fraction of sp³-hybridized carbons (Fsp3) is 0.286. The van der Waals surface area contributed by atoms with Crippen LogP contribution in [-0.4, -0.2) is 15.7 Å². The molecule has 0 saturated heterocycles. The molecule has 0 unspecified atom stereocenters. The largest absolute Gasteiger partial charge is 0.350 e. The lowest BCUT2D eigenvalue weighted by molar-refractivity contribution is -0.122. The number of nitrogens with zero attached hydrogens (tertiary/aromatic N) is 2. The van der Waals surface area contributed by atoms with Crippen LogP contribution in [0.3, 0.4) is 0 Å². The minimum absolute atomic E-state index is 0.0401. The number of rotatable bonds is 6. The molecule has 0 bridgehead atoms. The summed E-state index contributed by atoms with van der Waals surface area (Å²) in [5.74, 6) is -0.0401. The zero-order chi connectivity index (χ0) is 18.5. The molecule has 0 radical (unpaired) electrons. The third-order valence-electron chi connectivity index (χ3n) is 4.58. The van der Waals surface area contributed by atoms with E-state index < -0.39 is 0 Å². The highest BCUT2D eigenvalue weighted by Gasteiger charge is 2.11. The van der Waals surface area contributed by atoms with Gasteiger partial charge < -0.3 is 5.32 Å². The van der Waals surface area contributed by atoms with E-state index in [0.29, 0.717) is 18.4 Å². The predicted octanol–water partition coefficient (Wildman–Crippen LogP) is 3.23. The lowest BCUT2D eigenvalue weighted by atomic mass is 10.0. The van der Waals surface area contributed by atoms with E-state index in [0.717, 1.165) is 17.5 Å². The number of benzene rings is 2. The van der Waals surface area contributed by atoms with E-state index in [4.69, 9.17) is 0 Å². The molecule has 3 aromatic rings. The van der Waals surface area contributed by atoms with Gasteiger partial charge in [-0.05, 0) is 36.6 Å². The summed E-state index contributed by atoms with van der Waals surface area (Å²) in [7, 11) is 0. The van der Waals surface area contributed by atoms with E-state index in [2.05, 4.69) is 41.6 Å². The molecule has 0 fully saturated rings. The maximum atomic E-state index is 12.3. The summed E-state index contributed by atoms with van der Waals surface area (Å²) in [6, 6.07) is 15.6. The first-order chi connectivity index (χ1) is 12.6. The van der Waals surface area contributed by atoms with Crippen molar-refractivity contribution in [3.8, 4) is 0 Å². The summed E-state index contributed by atoms with van der Waals surface area (Å²) in [6.45, 7) is 4.52. The molecule has 1 N–H and O–H groups in total. The minimum atomic E-state index is -0.106. The van der Waals surface area contributed by atoms with Crippen molar-refractivity contribution in [2.24, 2.45) is 0 Å². The van der Waals surface area contributed by atoms with E-state index in [9.17, 15) is 9.59 Å². The van der Waals surface area contributed by atoms with Crippen molar-refractivity contribution in [2.75, 3.05) is 0 Å². The molecule has 5 heteroatoms. The highest BCUT2D eigenvalue weighted by Crippen LogP contribution is 2.14. The van der Waals surface area contributed by atoms with Crippen molar-refractivity contribution in [3.63, 3.8) is 0 Å². The maximum Gasteiger partial charge on any atom is 0.222 e. The van der Waals surface area contributed by atoms with Crippen LogP contribution in [0.5, 0.6) is 0 Å². The van der Waals surface area contributed by atoms with Crippen LogP contribution in [0, 0.1) is 0 Å². The topological polar surface area (TPSA) is 64.0 Å². The van der Waals surface area contributed by atoms with E-state index >= 15 is 0 Å². The summed E-state index contributed by atoms with van der Waals surface area (Å²) in [6.07, 6.45) is 2.61. The molecular formula is C21H23N3O2. The molecular weight excluding hydrogens is 326 g/mol. The predicted molar refractivity (Wildman–Crippen MR) is 103 cm³/mol. The first kappa shape index (κ1) is 17.9. The average Bonchev–Trinajstić information content (AvgIpc) is 2.67. The number of hydrogen-bond acceptors (Lipinski definition) is 3. The average molecular weight is 349 g/mol. The number of aromatic nitrogens is 2. The van der Waals surface area contributed by atoms with Crippen LogP contribution in [0.15, 0.2) is 59.5 Å². The Balaban J connectivity index is 1.64. The number of fused-ring (bicyclic) bond motifs is 1. The van der Waals surface area contributed by atoms with E-state index in [1.165, 1.54) is 11.8 Å². The number of amides is 1. The van der Waals surface area contributed by atoms with Gasteiger partial charge in [-0.25, -0.2) is 0 Å². The van der Waals surface area contributed by atoms with Crippen molar-refractivity contribution < 1.29 is 4.79 Å². The molecule has 0 saturated carbocycles. The number of nitrogens with one attached hydrogen (secondary N) is 1. The Morgan fingerprint density at radius 2 is 1.88 bits per heavy atom. The van der Waals surface area contributed by atoms with Gasteiger partial charge in [-0.15, -0.1) is 0 Å². The smallest absolute Gasteiger partial charge is 0.222 e. The Hall–Kier alpha value is -2.95. The molecule has 5 nitrogen and oxygen atoms in total. The van der Waals surface area contributed by atoms with Gasteiger partial charge in [-0.2, -0.15) is 5.10 Å². The molecule has 1 aromatic heterocycles. The van der Waals surface area contributed by atoms with Crippen molar-refractivity contribution >= 4 is 16.8 Å². The van der Waals surface area contributed by atoms with Crippen LogP contribution in [0.4, 0.5) is 0 Å². The van der Waals surface area contributed by atoms with Gasteiger partial charge in [0.15, 0.2) is 0 Å². The fourth-order valence-corrected chi connectivity index (χ4v) is 2.99. The quantitative estimate of drug-likeness (QED) is 0.743. The molecule has 0 spiro atoms. The molecule has 1 amide bonds. The molecule has 26 heavy (non-hydrogen) atoms. The van der Waals surface area contributed by atoms with Crippen LogP contribution in [0.2, 0.25) is 0 Å². The third-order valence-corrected chi connectivity index (χ3v) is 4.58. The molecule has 134 valence electrons. The molecule has 0 aliphatic heterocycles. The van der Waals surface area contributed by atoms with Gasteiger partial charge in [-0.3, -0.25) is 14.3 Å². The Labute approximate surface area is 152 Å². The second kappa shape index (κ2) is 7.95. The SMILES string of the molecule is CCc1ccc([C@H](C)NC(=O)CCn2ncc(=O)c3ccccc32)cc1. The molecule has 2 aromatic carbocycles. The van der Waals surface area contributed by atoms with E-state index in [1.807, 2.05) is 25.1 Å². The first-order valence-electron chi connectivity index (χ1n) is 8.91. The summed E-state index contributed by atoms with van der Waals surface area (Å²) < 4.78 is 1.71. The summed E-state index contributed by atoms with van der Waals surface area (Å²) in [5.41, 5.74) is 3.01. The van der Waals surface area contributed by atoms with Gasteiger partial charge in [0.25, 0.3) is 0 Å². The van der Waals surface area contributed by atoms with Crippen molar-refractivity contribution in [1.82, 2.24) is 15.1 Å². The molecule has 0 aliphatic rings. The Morgan fingerprint density at radius 3 is 2.62 bits per heavy atom. The normalized spacial score (nSPS) is 12.1. The Kier molecular flexibility index (Phi) is 5.46. The van der Waals surface area contributed by atoms with Gasteiger partial charge in [0.05, 0.1) is 24.3 Å². The number of hydrogen-bond donors (Lipinski definition) is 1. The van der Waals surface area contributed by atoms with Crippen LogP contribution >= 0.6 is 0 Å². The van der Waals surface area contributed by atoms with Gasteiger partial charge in [-0.1, -0.05) is 43.3 Å². The summed E-state index contributed by atoms with van der Waals surface area (Å²) >= 11 is 0. The van der Waals surface area contributed by atoms with Crippen LogP contribution in [-0.2, 0) is 17.8 Å². The summed E-state index contributed by atoms with van der Waals surface area (Å²) in [4.78, 5) is 24.2. The van der Waals surface area contributed by atoms with Gasteiger partial charge in [0, 0.05) is 11.8 Å². The monoisotopic (exact) mass is 349 g/mol. The van der Waals surface area contributed by atoms with Crippen molar-refractivity contribution in [3.05, 3.63) is 76.1 Å². The molecule has 1 heterocycles. The van der Waals surface area contributed by atoms with E-state index in [-0.39, 0.29) is 17.4 Å². The molecule has 0 aliphatic carbocycles. The Bertz CT molecular complexity index is 961. The second-order valence-electron chi connectivity index (χ2n) is 6.38. The van der Waals surface area contributed by atoms with Crippen LogP contribution in [0.1, 0.15) is 37.4 Å². The molecule has 3 rings (SSSR count). The maximum absolute atomic E-state index is 12.3. The third kappa shape index (κ3) is 3.99. The second-order valence-corrected chi connectivity index (χ2v) is 6.38. The number of aryl methyl sites for hydroxylation is 2. The number of carbonyl (C=O) groups is 1. The van der Waals surface area contributed by atoms with E-state index in [1.54, 1.807) is 10.7 Å². The standard InChI is InChI=1S/C21H23N3O2/c1-3-16-8-10-17(11-9-16)15(2)23-21(26)12-13-24-19-7-5-4-6-18(19)20(25)14-22-24/h4-11,14-15H,3,12-13H2,1-2H3,(H,23,26)/t15-/m0/s1. The highest BCUT2D eigenvalue weighted by molar-refractivity contribution is 5.79. The van der Waals surface area contributed by atoms with Gasteiger partial charge in [0.1, 0.15) is 0 Å². The number of carbonyl (C=O) groups excluding carboxylic acids is 1. The van der Waals surface area contributed by atoms with Crippen molar-refractivity contribution in [1.29, 1.82) is 0 Å². The lowest BCUT2D eigenvalue weighted by Gasteiger charge is -2.15. The number of para-hydroxylation sites is 1. The Morgan fingerprint density at radius 1 is 1.15 bits per heavy atom.